The summed E-state index contributed by atoms with van der Waals surface area (Å²) in [4.78, 5) is 11.1. The molecule has 16 heavy (non-hydrogen) atoms. The van der Waals surface area contributed by atoms with E-state index in [-0.39, 0.29) is 24.3 Å². The van der Waals surface area contributed by atoms with Crippen LogP contribution in [0.1, 0.15) is 24.9 Å². The molecule has 0 aromatic heterocycles. The number of carbonyl (C=O) groups is 1. The Morgan fingerprint density at radius 3 is 2.81 bits per heavy atom. The van der Waals surface area contributed by atoms with Crippen LogP contribution in [-0.4, -0.2) is 19.5 Å². The molecular weight excluding hydrogens is 207 g/mol. The SMILES string of the molecule is CCC(NCC(=O)NC)c1cccc(F)c1. The zero-order valence-electron chi connectivity index (χ0n) is 9.59. The second-order valence-electron chi connectivity index (χ2n) is 3.57. The van der Waals surface area contributed by atoms with E-state index in [2.05, 4.69) is 10.6 Å². The molecule has 0 spiro atoms. The van der Waals surface area contributed by atoms with Crippen molar-refractivity contribution in [2.24, 2.45) is 0 Å². The van der Waals surface area contributed by atoms with Gasteiger partial charge in [-0.1, -0.05) is 19.1 Å². The molecule has 1 unspecified atom stereocenters. The van der Waals surface area contributed by atoms with E-state index < -0.39 is 0 Å². The molecule has 0 aliphatic rings. The second kappa shape index (κ2) is 6.23. The van der Waals surface area contributed by atoms with E-state index in [1.807, 2.05) is 13.0 Å². The van der Waals surface area contributed by atoms with E-state index in [0.29, 0.717) is 0 Å². The zero-order valence-corrected chi connectivity index (χ0v) is 9.59. The summed E-state index contributed by atoms with van der Waals surface area (Å²) in [6.07, 6.45) is 0.806. The normalized spacial score (nSPS) is 12.2. The molecule has 0 saturated heterocycles. The highest BCUT2D eigenvalue weighted by molar-refractivity contribution is 5.77. The Morgan fingerprint density at radius 2 is 2.25 bits per heavy atom. The Labute approximate surface area is 95.0 Å². The number of halogens is 1. The van der Waals surface area contributed by atoms with E-state index in [0.717, 1.165) is 12.0 Å². The lowest BCUT2D eigenvalue weighted by Crippen LogP contribution is -2.33. The molecule has 4 heteroatoms. The number of nitrogens with one attached hydrogen (secondary N) is 2. The van der Waals surface area contributed by atoms with Gasteiger partial charge < -0.3 is 10.6 Å². The van der Waals surface area contributed by atoms with Crippen LogP contribution < -0.4 is 10.6 Å². The van der Waals surface area contributed by atoms with Gasteiger partial charge in [-0.05, 0) is 24.1 Å². The smallest absolute Gasteiger partial charge is 0.233 e. The predicted octanol–water partition coefficient (Wildman–Crippen LogP) is 1.61. The summed E-state index contributed by atoms with van der Waals surface area (Å²) in [7, 11) is 1.59. The van der Waals surface area contributed by atoms with Crippen molar-refractivity contribution in [2.45, 2.75) is 19.4 Å². The molecule has 1 aromatic carbocycles. The summed E-state index contributed by atoms with van der Waals surface area (Å²) in [5, 5.41) is 5.62. The molecule has 1 rings (SSSR count). The number of benzene rings is 1. The van der Waals surface area contributed by atoms with E-state index >= 15 is 0 Å². The third-order valence-corrected chi connectivity index (χ3v) is 2.45. The average molecular weight is 224 g/mol. The van der Waals surface area contributed by atoms with Gasteiger partial charge in [0.05, 0.1) is 6.54 Å². The first-order valence-corrected chi connectivity index (χ1v) is 5.36. The van der Waals surface area contributed by atoms with Crippen molar-refractivity contribution in [3.63, 3.8) is 0 Å². The molecule has 0 bridgehead atoms. The summed E-state index contributed by atoms with van der Waals surface area (Å²) < 4.78 is 13.0. The summed E-state index contributed by atoms with van der Waals surface area (Å²) >= 11 is 0. The minimum Gasteiger partial charge on any atom is -0.358 e. The Morgan fingerprint density at radius 1 is 1.50 bits per heavy atom. The number of hydrogen-bond donors (Lipinski definition) is 2. The van der Waals surface area contributed by atoms with Crippen LogP contribution in [0.5, 0.6) is 0 Å². The van der Waals surface area contributed by atoms with Gasteiger partial charge in [-0.15, -0.1) is 0 Å². The molecule has 1 atom stereocenters. The lowest BCUT2D eigenvalue weighted by atomic mass is 10.0. The highest BCUT2D eigenvalue weighted by Crippen LogP contribution is 2.16. The monoisotopic (exact) mass is 224 g/mol. The van der Waals surface area contributed by atoms with Gasteiger partial charge in [-0.3, -0.25) is 4.79 Å². The van der Waals surface area contributed by atoms with Crippen molar-refractivity contribution in [3.05, 3.63) is 35.6 Å². The Balaban J connectivity index is 2.64. The Bertz CT molecular complexity index is 355. The molecular formula is C12H17FN2O. The Kier molecular flexibility index (Phi) is 4.92. The minimum absolute atomic E-state index is 0.00741. The first-order valence-electron chi connectivity index (χ1n) is 5.36. The van der Waals surface area contributed by atoms with Crippen molar-refractivity contribution in [3.8, 4) is 0 Å². The van der Waals surface area contributed by atoms with Crippen molar-refractivity contribution in [1.82, 2.24) is 10.6 Å². The summed E-state index contributed by atoms with van der Waals surface area (Å²) in [6.45, 7) is 2.23. The van der Waals surface area contributed by atoms with Crippen molar-refractivity contribution in [1.29, 1.82) is 0 Å². The van der Waals surface area contributed by atoms with Crippen LogP contribution >= 0.6 is 0 Å². The van der Waals surface area contributed by atoms with Crippen LogP contribution in [0.4, 0.5) is 4.39 Å². The fourth-order valence-electron chi connectivity index (χ4n) is 1.53. The number of carbonyl (C=O) groups excluding carboxylic acids is 1. The van der Waals surface area contributed by atoms with E-state index in [4.69, 9.17) is 0 Å². The maximum atomic E-state index is 13.0. The van der Waals surface area contributed by atoms with Gasteiger partial charge in [-0.25, -0.2) is 4.39 Å². The fraction of sp³-hybridized carbons (Fsp3) is 0.417. The highest BCUT2D eigenvalue weighted by Gasteiger charge is 2.10. The predicted molar refractivity (Wildman–Crippen MR) is 61.5 cm³/mol. The third kappa shape index (κ3) is 3.62. The van der Waals surface area contributed by atoms with Crippen LogP contribution in [-0.2, 0) is 4.79 Å². The van der Waals surface area contributed by atoms with Crippen LogP contribution in [0.3, 0.4) is 0 Å². The quantitative estimate of drug-likeness (QED) is 0.798. The van der Waals surface area contributed by atoms with Gasteiger partial charge in [0, 0.05) is 13.1 Å². The number of hydrogen-bond acceptors (Lipinski definition) is 2. The lowest BCUT2D eigenvalue weighted by molar-refractivity contribution is -0.119. The van der Waals surface area contributed by atoms with Gasteiger partial charge in [0.25, 0.3) is 0 Å². The minimum atomic E-state index is -0.252. The van der Waals surface area contributed by atoms with E-state index in [1.165, 1.54) is 12.1 Å². The fourth-order valence-corrected chi connectivity index (χ4v) is 1.53. The number of amides is 1. The van der Waals surface area contributed by atoms with Gasteiger partial charge >= 0.3 is 0 Å². The Hall–Kier alpha value is -1.42. The maximum absolute atomic E-state index is 13.0. The summed E-state index contributed by atoms with van der Waals surface area (Å²) in [5.74, 6) is -0.326. The van der Waals surface area contributed by atoms with E-state index in [1.54, 1.807) is 13.1 Å². The molecule has 0 aliphatic carbocycles. The molecule has 0 saturated carbocycles. The molecule has 0 fully saturated rings. The average Bonchev–Trinajstić information content (AvgIpc) is 2.29. The van der Waals surface area contributed by atoms with Gasteiger partial charge in [-0.2, -0.15) is 0 Å². The van der Waals surface area contributed by atoms with Crippen LogP contribution in [0.15, 0.2) is 24.3 Å². The summed E-state index contributed by atoms with van der Waals surface area (Å²) in [5.41, 5.74) is 0.867. The van der Waals surface area contributed by atoms with Gasteiger partial charge in [0.2, 0.25) is 5.91 Å². The highest BCUT2D eigenvalue weighted by atomic mass is 19.1. The van der Waals surface area contributed by atoms with E-state index in [9.17, 15) is 9.18 Å². The van der Waals surface area contributed by atoms with Crippen LogP contribution in [0, 0.1) is 5.82 Å². The first-order chi connectivity index (χ1) is 7.67. The van der Waals surface area contributed by atoms with Gasteiger partial charge in [0.1, 0.15) is 5.82 Å². The molecule has 3 nitrogen and oxygen atoms in total. The number of likely N-dealkylation sites (N-methyl/N-ethyl adjacent to an activating group) is 1. The largest absolute Gasteiger partial charge is 0.358 e. The molecule has 0 radical (unpaired) electrons. The van der Waals surface area contributed by atoms with Gasteiger partial charge in [0.15, 0.2) is 0 Å². The van der Waals surface area contributed by atoms with Crippen LogP contribution in [0.25, 0.3) is 0 Å². The maximum Gasteiger partial charge on any atom is 0.233 e. The zero-order chi connectivity index (χ0) is 12.0. The molecule has 1 aromatic rings. The van der Waals surface area contributed by atoms with Crippen molar-refractivity contribution in [2.75, 3.05) is 13.6 Å². The van der Waals surface area contributed by atoms with Crippen molar-refractivity contribution < 1.29 is 9.18 Å². The second-order valence-corrected chi connectivity index (χ2v) is 3.57. The molecule has 0 heterocycles. The van der Waals surface area contributed by atoms with Crippen molar-refractivity contribution >= 4 is 5.91 Å². The first kappa shape index (κ1) is 12.6. The standard InChI is InChI=1S/C12H17FN2O/c1-3-11(15-8-12(16)14-2)9-5-4-6-10(13)7-9/h4-7,11,15H,3,8H2,1-2H3,(H,14,16). The molecule has 1 amide bonds. The molecule has 0 aliphatic heterocycles. The summed E-state index contributed by atoms with van der Waals surface area (Å²) in [6, 6.07) is 6.44. The molecule has 2 N–H and O–H groups in total. The van der Waals surface area contributed by atoms with Crippen LogP contribution in [0.2, 0.25) is 0 Å². The lowest BCUT2D eigenvalue weighted by Gasteiger charge is -2.16. The number of rotatable bonds is 5. The third-order valence-electron chi connectivity index (χ3n) is 2.45. The molecule has 88 valence electrons. The topological polar surface area (TPSA) is 41.1 Å².